The van der Waals surface area contributed by atoms with Crippen LogP contribution in [0.25, 0.3) is 0 Å². The van der Waals surface area contributed by atoms with Crippen molar-refractivity contribution in [2.45, 2.75) is 44.6 Å². The van der Waals surface area contributed by atoms with Gasteiger partial charge in [0.25, 0.3) is 0 Å². The number of esters is 1. The number of carbonyl (C=O) groups is 1. The molecule has 100 valence electrons. The minimum absolute atomic E-state index is 0.0882. The molecule has 1 heterocycles. The molecule has 0 saturated heterocycles. The quantitative estimate of drug-likeness (QED) is 0.618. The van der Waals surface area contributed by atoms with Crippen LogP contribution in [0.4, 0.5) is 0 Å². The van der Waals surface area contributed by atoms with Crippen molar-refractivity contribution in [3.63, 3.8) is 0 Å². The van der Waals surface area contributed by atoms with E-state index in [1.54, 1.807) is 0 Å². The van der Waals surface area contributed by atoms with Gasteiger partial charge in [-0.3, -0.25) is 0 Å². The molecule has 3 heteroatoms. The summed E-state index contributed by atoms with van der Waals surface area (Å²) in [6, 6.07) is 10.5. The summed E-state index contributed by atoms with van der Waals surface area (Å²) in [7, 11) is 0. The number of carbonyl (C=O) groups excluding carboxylic acids is 1. The van der Waals surface area contributed by atoms with Crippen molar-refractivity contribution in [2.24, 2.45) is 0 Å². The van der Waals surface area contributed by atoms with E-state index in [1.807, 2.05) is 13.0 Å². The zero-order valence-corrected chi connectivity index (χ0v) is 12.9. The van der Waals surface area contributed by atoms with Crippen LogP contribution >= 0.6 is 0 Å². The van der Waals surface area contributed by atoms with Crippen molar-refractivity contribution < 1.29 is 9.53 Å². The van der Waals surface area contributed by atoms with Crippen molar-refractivity contribution >= 4 is 25.4 Å². The van der Waals surface area contributed by atoms with Crippen molar-refractivity contribution in [3.8, 4) is 0 Å². The summed E-state index contributed by atoms with van der Waals surface area (Å²) in [5.41, 5.74) is 0.612. The first-order valence-electron chi connectivity index (χ1n) is 6.89. The van der Waals surface area contributed by atoms with E-state index >= 15 is 0 Å². The van der Waals surface area contributed by atoms with E-state index in [0.717, 1.165) is 18.4 Å². The normalized spacial score (nSPS) is 21.8. The number of hydrogen-bond donors (Lipinski definition) is 0. The average Bonchev–Trinajstić information content (AvgIpc) is 2.66. The van der Waals surface area contributed by atoms with Gasteiger partial charge in [0.1, 0.15) is 0 Å². The molecule has 0 atom stereocenters. The Balaban J connectivity index is 1.93. The van der Waals surface area contributed by atoms with E-state index in [9.17, 15) is 4.79 Å². The molecule has 0 bridgehead atoms. The Kier molecular flexibility index (Phi) is 3.51. The molecule has 19 heavy (non-hydrogen) atoms. The van der Waals surface area contributed by atoms with E-state index in [1.165, 1.54) is 28.2 Å². The summed E-state index contributed by atoms with van der Waals surface area (Å²) in [6.07, 6.45) is 5.65. The molecule has 0 radical (unpaired) electrons. The van der Waals surface area contributed by atoms with Gasteiger partial charge in [0.05, 0.1) is 0 Å². The van der Waals surface area contributed by atoms with E-state index in [0.29, 0.717) is 0 Å². The molecule has 0 unspecified atom stereocenters. The predicted molar refractivity (Wildman–Crippen MR) is 76.4 cm³/mol. The van der Waals surface area contributed by atoms with Gasteiger partial charge in [-0.15, -0.1) is 0 Å². The second-order valence-electron chi connectivity index (χ2n) is 5.31. The molecule has 1 fully saturated rings. The summed E-state index contributed by atoms with van der Waals surface area (Å²) >= 11 is 0.203. The second kappa shape index (κ2) is 5.14. The van der Waals surface area contributed by atoms with Crippen LogP contribution in [0.2, 0.25) is 0 Å². The number of benzene rings is 1. The van der Waals surface area contributed by atoms with Gasteiger partial charge in [-0.25, -0.2) is 0 Å². The third kappa shape index (κ3) is 2.37. The van der Waals surface area contributed by atoms with E-state index in [4.69, 9.17) is 4.74 Å². The van der Waals surface area contributed by atoms with E-state index < -0.39 is 0 Å². The topological polar surface area (TPSA) is 26.3 Å². The zero-order chi connectivity index (χ0) is 13.3. The number of ether oxygens (including phenoxy) is 1. The molecule has 1 aromatic rings. The number of hydrogen-bond acceptors (Lipinski definition) is 2. The maximum absolute atomic E-state index is 12.0. The fourth-order valence-corrected chi connectivity index (χ4v) is 5.47. The van der Waals surface area contributed by atoms with Gasteiger partial charge < -0.3 is 0 Å². The fourth-order valence-electron chi connectivity index (χ4n) is 2.96. The first-order valence-corrected chi connectivity index (χ1v) is 8.60. The Morgan fingerprint density at radius 3 is 2.47 bits per heavy atom. The van der Waals surface area contributed by atoms with Crippen LogP contribution in [0, 0.1) is 0 Å². The molecule has 1 aliphatic carbocycles. The van der Waals surface area contributed by atoms with E-state index in [2.05, 4.69) is 24.3 Å². The van der Waals surface area contributed by atoms with Crippen molar-refractivity contribution in [1.29, 1.82) is 0 Å². The van der Waals surface area contributed by atoms with Crippen LogP contribution < -0.4 is 4.46 Å². The van der Waals surface area contributed by atoms with Gasteiger partial charge in [0.15, 0.2) is 0 Å². The van der Waals surface area contributed by atoms with Crippen molar-refractivity contribution in [3.05, 3.63) is 40.4 Å². The van der Waals surface area contributed by atoms with Crippen LogP contribution in [0.15, 0.2) is 40.4 Å². The van der Waals surface area contributed by atoms with Crippen LogP contribution in [-0.4, -0.2) is 26.5 Å². The fraction of sp³-hybridized carbons (Fsp3) is 0.438. The molecule has 1 saturated carbocycles. The molecule has 2 nitrogen and oxygen atoms in total. The zero-order valence-electron chi connectivity index (χ0n) is 11.1. The number of rotatable bonds is 2. The standard InChI is InChI=1S/C16H18O2Se/c1-12-14(19-13-8-4-2-5-9-13)16(18-15(12)17)10-6-3-7-11-16/h2,4-5,8-9H,3,6-7,10-11H2,1H3. The second-order valence-corrected chi connectivity index (χ2v) is 7.59. The van der Waals surface area contributed by atoms with Crippen LogP contribution in [0.3, 0.4) is 0 Å². The average molecular weight is 321 g/mol. The SMILES string of the molecule is CC1=C([Se]c2ccccc2)C2(CCCCC2)OC1=O. The van der Waals surface area contributed by atoms with Crippen molar-refractivity contribution in [2.75, 3.05) is 0 Å². The molecule has 3 rings (SSSR count). The Hall–Kier alpha value is -1.05. The minimum atomic E-state index is -0.255. The molecule has 1 spiro atoms. The van der Waals surface area contributed by atoms with Gasteiger partial charge in [-0.1, -0.05) is 0 Å². The Morgan fingerprint density at radius 1 is 1.11 bits per heavy atom. The summed E-state index contributed by atoms with van der Waals surface area (Å²) in [6.45, 7) is 1.94. The first kappa shape index (κ1) is 13.0. The van der Waals surface area contributed by atoms with Crippen LogP contribution in [0.5, 0.6) is 0 Å². The molecule has 0 amide bonds. The summed E-state index contributed by atoms with van der Waals surface area (Å²) in [4.78, 5) is 12.0. The molecule has 2 aliphatic rings. The van der Waals surface area contributed by atoms with Gasteiger partial charge >= 0.3 is 120 Å². The third-order valence-electron chi connectivity index (χ3n) is 3.97. The summed E-state index contributed by atoms with van der Waals surface area (Å²) in [5.74, 6) is -0.0882. The monoisotopic (exact) mass is 322 g/mol. The first-order chi connectivity index (χ1) is 9.21. The molecule has 1 aliphatic heterocycles. The van der Waals surface area contributed by atoms with Crippen LogP contribution in [-0.2, 0) is 9.53 Å². The van der Waals surface area contributed by atoms with Gasteiger partial charge in [0.2, 0.25) is 0 Å². The van der Waals surface area contributed by atoms with Crippen LogP contribution in [0.1, 0.15) is 39.0 Å². The van der Waals surface area contributed by atoms with Gasteiger partial charge in [-0.2, -0.15) is 0 Å². The van der Waals surface area contributed by atoms with Gasteiger partial charge in [0, 0.05) is 0 Å². The maximum atomic E-state index is 12.0. The Labute approximate surface area is 120 Å². The molecule has 0 N–H and O–H groups in total. The Bertz CT molecular complexity index is 513. The van der Waals surface area contributed by atoms with Crippen molar-refractivity contribution in [1.82, 2.24) is 0 Å². The van der Waals surface area contributed by atoms with E-state index in [-0.39, 0.29) is 26.5 Å². The summed E-state index contributed by atoms with van der Waals surface area (Å²) < 4.78 is 8.40. The Morgan fingerprint density at radius 2 is 1.79 bits per heavy atom. The third-order valence-corrected chi connectivity index (χ3v) is 6.89. The summed E-state index contributed by atoms with van der Waals surface area (Å²) in [5, 5.41) is 0. The predicted octanol–water partition coefficient (Wildman–Crippen LogP) is 2.55. The molecular formula is C16H18O2Se. The molecule has 1 aromatic carbocycles. The molecular weight excluding hydrogens is 303 g/mol. The molecule has 0 aromatic heterocycles. The van der Waals surface area contributed by atoms with Gasteiger partial charge in [-0.05, 0) is 0 Å².